The van der Waals surface area contributed by atoms with Crippen LogP contribution >= 0.6 is 0 Å². The maximum Gasteiger partial charge on any atom is 0.411 e. The van der Waals surface area contributed by atoms with Crippen molar-refractivity contribution in [3.05, 3.63) is 0 Å². The van der Waals surface area contributed by atoms with E-state index in [1.54, 1.807) is 0 Å². The van der Waals surface area contributed by atoms with Crippen molar-refractivity contribution in [1.82, 2.24) is 0 Å². The van der Waals surface area contributed by atoms with E-state index in [2.05, 4.69) is 9.47 Å². The molecule has 0 amide bonds. The second-order valence-corrected chi connectivity index (χ2v) is 1.60. The predicted octanol–water partition coefficient (Wildman–Crippen LogP) is 0.922. The number of ether oxygens (including phenoxy) is 2. The van der Waals surface area contributed by atoms with Gasteiger partial charge in [0.15, 0.2) is 0 Å². The predicted molar refractivity (Wildman–Crippen MR) is 21.7 cm³/mol. The minimum absolute atomic E-state index is 0.114. The monoisotopic (exact) mass is 142 g/mol. The standard InChI is InChI=1S/C4H5F3O2/c5-3-4(6,7)9-2-1-8-3/h3H,1-2H2. The van der Waals surface area contributed by atoms with Crippen molar-refractivity contribution in [3.63, 3.8) is 0 Å². The molecule has 0 radical (unpaired) electrons. The average molecular weight is 142 g/mol. The van der Waals surface area contributed by atoms with Crippen LogP contribution in [-0.4, -0.2) is 25.7 Å². The van der Waals surface area contributed by atoms with Crippen LogP contribution in [0.5, 0.6) is 0 Å². The third-order valence-corrected chi connectivity index (χ3v) is 0.906. The third-order valence-electron chi connectivity index (χ3n) is 0.906. The van der Waals surface area contributed by atoms with Crippen LogP contribution in [0, 0.1) is 0 Å². The van der Waals surface area contributed by atoms with Crippen LogP contribution in [0.2, 0.25) is 0 Å². The summed E-state index contributed by atoms with van der Waals surface area (Å²) < 4.78 is 43.3. The summed E-state index contributed by atoms with van der Waals surface area (Å²) in [5, 5.41) is 0. The molecule has 1 saturated heterocycles. The molecular formula is C4H5F3O2. The van der Waals surface area contributed by atoms with Gasteiger partial charge in [0.2, 0.25) is 0 Å². The highest BCUT2D eigenvalue weighted by molar-refractivity contribution is 4.60. The van der Waals surface area contributed by atoms with E-state index in [0.717, 1.165) is 0 Å². The zero-order chi connectivity index (χ0) is 6.91. The van der Waals surface area contributed by atoms with Crippen molar-refractivity contribution in [2.75, 3.05) is 13.2 Å². The van der Waals surface area contributed by atoms with Crippen molar-refractivity contribution in [1.29, 1.82) is 0 Å². The summed E-state index contributed by atoms with van der Waals surface area (Å²) in [6, 6.07) is 0. The van der Waals surface area contributed by atoms with Crippen molar-refractivity contribution in [3.8, 4) is 0 Å². The highest BCUT2D eigenvalue weighted by Gasteiger charge is 2.45. The summed E-state index contributed by atoms with van der Waals surface area (Å²) in [6.45, 7) is -0.371. The summed E-state index contributed by atoms with van der Waals surface area (Å²) in [5.74, 6) is 0. The summed E-state index contributed by atoms with van der Waals surface area (Å²) in [5.41, 5.74) is 0. The van der Waals surface area contributed by atoms with Crippen LogP contribution in [0.25, 0.3) is 0 Å². The third kappa shape index (κ3) is 1.34. The van der Waals surface area contributed by atoms with E-state index >= 15 is 0 Å². The molecule has 54 valence electrons. The number of rotatable bonds is 0. The van der Waals surface area contributed by atoms with Crippen molar-refractivity contribution >= 4 is 0 Å². The molecule has 0 spiro atoms. The molecule has 2 nitrogen and oxygen atoms in total. The Bertz CT molecular complexity index is 106. The van der Waals surface area contributed by atoms with Gasteiger partial charge < -0.3 is 9.47 Å². The number of hydrogen-bond donors (Lipinski definition) is 0. The first-order valence-electron chi connectivity index (χ1n) is 2.40. The van der Waals surface area contributed by atoms with Gasteiger partial charge in [-0.15, -0.1) is 0 Å². The zero-order valence-corrected chi connectivity index (χ0v) is 4.44. The molecule has 5 heteroatoms. The quantitative estimate of drug-likeness (QED) is 0.500. The molecular weight excluding hydrogens is 137 g/mol. The van der Waals surface area contributed by atoms with E-state index in [-0.39, 0.29) is 13.2 Å². The van der Waals surface area contributed by atoms with Crippen molar-refractivity contribution < 1.29 is 22.6 Å². The largest absolute Gasteiger partial charge is 0.411 e. The highest BCUT2D eigenvalue weighted by atomic mass is 19.3. The molecule has 0 aromatic carbocycles. The Morgan fingerprint density at radius 3 is 2.33 bits per heavy atom. The molecule has 1 heterocycles. The van der Waals surface area contributed by atoms with Gasteiger partial charge in [-0.1, -0.05) is 0 Å². The van der Waals surface area contributed by atoms with Gasteiger partial charge in [-0.25, -0.2) is 4.39 Å². The zero-order valence-electron chi connectivity index (χ0n) is 4.44. The second-order valence-electron chi connectivity index (χ2n) is 1.60. The molecule has 1 unspecified atom stereocenters. The van der Waals surface area contributed by atoms with Gasteiger partial charge >= 0.3 is 6.11 Å². The minimum Gasteiger partial charge on any atom is -0.339 e. The number of halogens is 3. The van der Waals surface area contributed by atoms with Crippen LogP contribution < -0.4 is 0 Å². The van der Waals surface area contributed by atoms with Crippen LogP contribution in [0.15, 0.2) is 0 Å². The van der Waals surface area contributed by atoms with E-state index in [1.807, 2.05) is 0 Å². The lowest BCUT2D eigenvalue weighted by Crippen LogP contribution is -2.41. The Morgan fingerprint density at radius 1 is 1.33 bits per heavy atom. The van der Waals surface area contributed by atoms with E-state index < -0.39 is 12.5 Å². The summed E-state index contributed by atoms with van der Waals surface area (Å²) >= 11 is 0. The molecule has 0 aromatic heterocycles. The van der Waals surface area contributed by atoms with E-state index in [4.69, 9.17) is 0 Å². The molecule has 0 N–H and O–H groups in total. The molecule has 0 bridgehead atoms. The Kier molecular flexibility index (Phi) is 1.63. The van der Waals surface area contributed by atoms with Gasteiger partial charge in [-0.3, -0.25) is 0 Å². The van der Waals surface area contributed by atoms with Crippen molar-refractivity contribution in [2.24, 2.45) is 0 Å². The molecule has 1 fully saturated rings. The fourth-order valence-corrected chi connectivity index (χ4v) is 0.492. The van der Waals surface area contributed by atoms with E-state index in [1.165, 1.54) is 0 Å². The first kappa shape index (κ1) is 6.82. The van der Waals surface area contributed by atoms with E-state index in [0.29, 0.717) is 0 Å². The molecule has 1 atom stereocenters. The van der Waals surface area contributed by atoms with Gasteiger partial charge in [0, 0.05) is 0 Å². The maximum absolute atomic E-state index is 11.9. The maximum atomic E-state index is 11.9. The first-order chi connectivity index (χ1) is 4.13. The SMILES string of the molecule is FC1OCCOC1(F)F. The molecule has 0 aliphatic carbocycles. The Morgan fingerprint density at radius 2 is 2.00 bits per heavy atom. The topological polar surface area (TPSA) is 18.5 Å². The number of hydrogen-bond acceptors (Lipinski definition) is 2. The molecule has 1 aliphatic heterocycles. The second kappa shape index (κ2) is 2.15. The summed E-state index contributed by atoms with van der Waals surface area (Å²) in [6.07, 6.45) is -6.36. The molecule has 9 heavy (non-hydrogen) atoms. The normalized spacial score (nSPS) is 34.3. The molecule has 0 aromatic rings. The molecule has 1 rings (SSSR count). The number of alkyl halides is 3. The van der Waals surface area contributed by atoms with Gasteiger partial charge in [0.05, 0.1) is 13.2 Å². The van der Waals surface area contributed by atoms with Crippen LogP contribution in [-0.2, 0) is 9.47 Å². The Hall–Kier alpha value is -0.290. The van der Waals surface area contributed by atoms with Crippen LogP contribution in [0.3, 0.4) is 0 Å². The average Bonchev–Trinajstić information content (AvgIpc) is 1.77. The van der Waals surface area contributed by atoms with E-state index in [9.17, 15) is 13.2 Å². The Balaban J connectivity index is 2.49. The van der Waals surface area contributed by atoms with Crippen LogP contribution in [0.4, 0.5) is 13.2 Å². The van der Waals surface area contributed by atoms with Gasteiger partial charge in [-0.05, 0) is 0 Å². The lowest BCUT2D eigenvalue weighted by Gasteiger charge is -2.25. The summed E-state index contributed by atoms with van der Waals surface area (Å²) in [7, 11) is 0. The van der Waals surface area contributed by atoms with Crippen molar-refractivity contribution in [2.45, 2.75) is 12.5 Å². The highest BCUT2D eigenvalue weighted by Crippen LogP contribution is 2.26. The Labute approximate surface area is 49.6 Å². The summed E-state index contributed by atoms with van der Waals surface area (Å²) in [4.78, 5) is 0. The molecule has 1 aliphatic rings. The van der Waals surface area contributed by atoms with Gasteiger partial charge in [0.25, 0.3) is 6.36 Å². The van der Waals surface area contributed by atoms with Crippen LogP contribution in [0.1, 0.15) is 0 Å². The van der Waals surface area contributed by atoms with Gasteiger partial charge in [0.1, 0.15) is 0 Å². The lowest BCUT2D eigenvalue weighted by molar-refractivity contribution is -0.363. The first-order valence-corrected chi connectivity index (χ1v) is 2.40. The molecule has 0 saturated carbocycles. The smallest absolute Gasteiger partial charge is 0.339 e. The minimum atomic E-state index is -3.75. The van der Waals surface area contributed by atoms with Gasteiger partial charge in [-0.2, -0.15) is 8.78 Å². The lowest BCUT2D eigenvalue weighted by atomic mass is 10.5. The fraction of sp³-hybridized carbons (Fsp3) is 1.00. The fourth-order valence-electron chi connectivity index (χ4n) is 0.492.